The number of aromatic nitrogens is 2. The molecule has 0 saturated heterocycles. The molecule has 0 aliphatic rings. The van der Waals surface area contributed by atoms with Gasteiger partial charge < -0.3 is 15.0 Å². The van der Waals surface area contributed by atoms with Gasteiger partial charge in [-0.05, 0) is 37.1 Å². The Morgan fingerprint density at radius 3 is 2.54 bits per heavy atom. The Morgan fingerprint density at radius 1 is 1.25 bits per heavy atom. The largest absolute Gasteiger partial charge is 0.367 e. The van der Waals surface area contributed by atoms with Crippen LogP contribution in [0.25, 0.3) is 0 Å². The van der Waals surface area contributed by atoms with Crippen molar-refractivity contribution in [3.05, 3.63) is 83.9 Å². The van der Waals surface area contributed by atoms with Gasteiger partial charge in [-0.2, -0.15) is 0 Å². The third kappa shape index (κ3) is 6.81. The molecule has 1 atom stereocenters. The number of benzene rings is 1. The fourth-order valence-corrected chi connectivity index (χ4v) is 2.24. The molecule has 0 aliphatic heterocycles. The van der Waals surface area contributed by atoms with E-state index in [2.05, 4.69) is 48.4 Å². The van der Waals surface area contributed by atoms with E-state index < -0.39 is 6.23 Å². The van der Waals surface area contributed by atoms with Gasteiger partial charge in [0.15, 0.2) is 12.5 Å². The SMILES string of the molecule is C.CCc1ccc(C)cc1.O=CC(O)n1ccc(NC(=O)c2ccccn2)c1.[HH]. The number of hydrogen-bond acceptors (Lipinski definition) is 4. The van der Waals surface area contributed by atoms with Gasteiger partial charge >= 0.3 is 0 Å². The van der Waals surface area contributed by atoms with Gasteiger partial charge in [0.2, 0.25) is 0 Å². The molecular formula is C22H29N3O3. The molecule has 150 valence electrons. The van der Waals surface area contributed by atoms with Crippen LogP contribution in [-0.4, -0.2) is 26.9 Å². The van der Waals surface area contributed by atoms with Crippen molar-refractivity contribution in [3.63, 3.8) is 0 Å². The molecule has 2 aromatic heterocycles. The van der Waals surface area contributed by atoms with Gasteiger partial charge in [-0.1, -0.05) is 50.2 Å². The third-order valence-electron chi connectivity index (χ3n) is 3.83. The number of hydrogen-bond donors (Lipinski definition) is 2. The molecule has 0 fully saturated rings. The van der Waals surface area contributed by atoms with Crippen molar-refractivity contribution < 1.29 is 16.1 Å². The van der Waals surface area contributed by atoms with E-state index in [1.54, 1.807) is 24.3 Å². The molecule has 0 aliphatic carbocycles. The Balaban J connectivity index is 0.000000610. The van der Waals surface area contributed by atoms with Crippen molar-refractivity contribution in [1.82, 2.24) is 9.55 Å². The monoisotopic (exact) mass is 383 g/mol. The normalized spacial score (nSPS) is 10.7. The van der Waals surface area contributed by atoms with E-state index in [1.165, 1.54) is 34.3 Å². The highest BCUT2D eigenvalue weighted by Gasteiger charge is 2.09. The molecule has 1 aromatic carbocycles. The van der Waals surface area contributed by atoms with Crippen LogP contribution in [0.1, 0.15) is 43.6 Å². The Morgan fingerprint density at radius 2 is 1.96 bits per heavy atom. The average Bonchev–Trinajstić information content (AvgIpc) is 3.17. The highest BCUT2D eigenvalue weighted by Crippen LogP contribution is 2.12. The summed E-state index contributed by atoms with van der Waals surface area (Å²) in [6, 6.07) is 15.2. The number of nitrogens with one attached hydrogen (secondary N) is 1. The van der Waals surface area contributed by atoms with Crippen molar-refractivity contribution in [2.75, 3.05) is 5.32 Å². The molecule has 0 saturated carbocycles. The molecule has 6 heteroatoms. The molecule has 2 heterocycles. The van der Waals surface area contributed by atoms with E-state index in [0.717, 1.165) is 6.42 Å². The number of rotatable bonds is 5. The summed E-state index contributed by atoms with van der Waals surface area (Å²) in [7, 11) is 0. The number of aldehydes is 1. The van der Waals surface area contributed by atoms with E-state index in [1.807, 2.05) is 0 Å². The Bertz CT molecular complexity index is 865. The minimum atomic E-state index is -1.24. The number of aliphatic hydroxyl groups excluding tert-OH is 1. The first-order valence-electron chi connectivity index (χ1n) is 8.62. The molecule has 0 radical (unpaired) electrons. The van der Waals surface area contributed by atoms with Crippen LogP contribution >= 0.6 is 0 Å². The van der Waals surface area contributed by atoms with Gasteiger partial charge in [-0.15, -0.1) is 0 Å². The maximum atomic E-state index is 11.7. The van der Waals surface area contributed by atoms with Crippen LogP contribution < -0.4 is 5.32 Å². The van der Waals surface area contributed by atoms with Crippen LogP contribution in [0.4, 0.5) is 5.69 Å². The van der Waals surface area contributed by atoms with Crippen LogP contribution in [0.3, 0.4) is 0 Å². The van der Waals surface area contributed by atoms with Crippen molar-refractivity contribution in [3.8, 4) is 0 Å². The Kier molecular flexibility index (Phi) is 9.33. The van der Waals surface area contributed by atoms with Gasteiger partial charge in [-0.3, -0.25) is 14.6 Å². The summed E-state index contributed by atoms with van der Waals surface area (Å²) in [6.07, 6.45) is 4.76. The Labute approximate surface area is 167 Å². The number of aliphatic hydroxyl groups is 1. The Hall–Kier alpha value is -3.25. The van der Waals surface area contributed by atoms with Crippen molar-refractivity contribution in [2.45, 2.75) is 33.9 Å². The average molecular weight is 383 g/mol. The fraction of sp³-hybridized carbons (Fsp3) is 0.227. The molecule has 2 N–H and O–H groups in total. The molecule has 3 rings (SSSR count). The summed E-state index contributed by atoms with van der Waals surface area (Å²) in [5.41, 5.74) is 3.53. The summed E-state index contributed by atoms with van der Waals surface area (Å²) in [6.45, 7) is 4.28. The predicted octanol–water partition coefficient (Wildman–Crippen LogP) is 4.26. The number of anilines is 1. The van der Waals surface area contributed by atoms with Crippen LogP contribution in [0.15, 0.2) is 67.1 Å². The standard InChI is InChI=1S/C12H11N3O3.C9H12.CH4.H2/c16-8-11(17)15-6-4-9(7-15)14-12(18)10-3-1-2-5-13-10;1-3-9-6-4-8(2)5-7-9;;/h1-8,11,17H,(H,14,18);4-7H,3H2,1-2H3;1H4;1H. The first kappa shape index (κ1) is 22.8. The molecule has 3 aromatic rings. The first-order chi connectivity index (χ1) is 13.0. The highest BCUT2D eigenvalue weighted by molar-refractivity contribution is 6.02. The number of aryl methyl sites for hydroxylation is 2. The quantitative estimate of drug-likeness (QED) is 0.645. The summed E-state index contributed by atoms with van der Waals surface area (Å²) in [5.74, 6) is -0.353. The van der Waals surface area contributed by atoms with Gasteiger partial charge in [0.05, 0.1) is 5.69 Å². The molecule has 1 amide bonds. The first-order valence-corrected chi connectivity index (χ1v) is 8.62. The van der Waals surface area contributed by atoms with E-state index in [0.29, 0.717) is 17.7 Å². The molecule has 0 bridgehead atoms. The van der Waals surface area contributed by atoms with E-state index in [9.17, 15) is 14.7 Å². The van der Waals surface area contributed by atoms with Crippen LogP contribution in [0, 0.1) is 6.92 Å². The number of pyridine rings is 1. The van der Waals surface area contributed by atoms with Crippen LogP contribution in [0.5, 0.6) is 0 Å². The lowest BCUT2D eigenvalue weighted by molar-refractivity contribution is -0.118. The van der Waals surface area contributed by atoms with E-state index in [4.69, 9.17) is 0 Å². The van der Waals surface area contributed by atoms with Gasteiger partial charge in [-0.25, -0.2) is 0 Å². The zero-order valence-corrected chi connectivity index (χ0v) is 15.4. The van der Waals surface area contributed by atoms with Crippen molar-refractivity contribution >= 4 is 17.9 Å². The van der Waals surface area contributed by atoms with Crippen LogP contribution in [0.2, 0.25) is 0 Å². The topological polar surface area (TPSA) is 84.2 Å². The smallest absolute Gasteiger partial charge is 0.274 e. The number of carbonyl (C=O) groups is 2. The van der Waals surface area contributed by atoms with Crippen LogP contribution in [-0.2, 0) is 11.2 Å². The second-order valence-corrected chi connectivity index (χ2v) is 5.91. The third-order valence-corrected chi connectivity index (χ3v) is 3.83. The molecular weight excluding hydrogens is 354 g/mol. The minimum absolute atomic E-state index is 0. The second-order valence-electron chi connectivity index (χ2n) is 5.91. The predicted molar refractivity (Wildman–Crippen MR) is 113 cm³/mol. The maximum absolute atomic E-state index is 11.7. The lowest BCUT2D eigenvalue weighted by Gasteiger charge is -2.04. The summed E-state index contributed by atoms with van der Waals surface area (Å²) in [5, 5.41) is 11.9. The number of carbonyl (C=O) groups excluding carboxylic acids is 2. The second kappa shape index (κ2) is 11.5. The molecule has 28 heavy (non-hydrogen) atoms. The summed E-state index contributed by atoms with van der Waals surface area (Å²) >= 11 is 0. The summed E-state index contributed by atoms with van der Waals surface area (Å²) < 4.78 is 1.28. The maximum Gasteiger partial charge on any atom is 0.274 e. The fourth-order valence-electron chi connectivity index (χ4n) is 2.24. The van der Waals surface area contributed by atoms with Crippen molar-refractivity contribution in [1.29, 1.82) is 0 Å². The molecule has 6 nitrogen and oxygen atoms in total. The van der Waals surface area contributed by atoms with E-state index >= 15 is 0 Å². The van der Waals surface area contributed by atoms with Gasteiger partial charge in [0.1, 0.15) is 5.69 Å². The highest BCUT2D eigenvalue weighted by atomic mass is 16.3. The number of nitrogens with zero attached hydrogens (tertiary/aromatic N) is 2. The lowest BCUT2D eigenvalue weighted by atomic mass is 10.1. The van der Waals surface area contributed by atoms with Gasteiger partial charge in [0, 0.05) is 20.0 Å². The number of amides is 1. The lowest BCUT2D eigenvalue weighted by Crippen LogP contribution is -2.13. The molecule has 1 unspecified atom stereocenters. The minimum Gasteiger partial charge on any atom is -0.367 e. The molecule has 0 spiro atoms. The van der Waals surface area contributed by atoms with E-state index in [-0.39, 0.29) is 14.8 Å². The zero-order chi connectivity index (χ0) is 19.6. The summed E-state index contributed by atoms with van der Waals surface area (Å²) in [4.78, 5) is 26.0. The zero-order valence-electron chi connectivity index (χ0n) is 15.4. The van der Waals surface area contributed by atoms with Gasteiger partial charge in [0.25, 0.3) is 5.91 Å². The van der Waals surface area contributed by atoms with Crippen molar-refractivity contribution in [2.24, 2.45) is 0 Å².